The molecule has 2 aromatic rings. The lowest BCUT2D eigenvalue weighted by atomic mass is 9.88. The lowest BCUT2D eigenvalue weighted by Gasteiger charge is -2.38. The molecule has 2 amide bonds. The molecule has 7 nitrogen and oxygen atoms in total. The summed E-state index contributed by atoms with van der Waals surface area (Å²) in [6.07, 6.45) is 10.2. The molecule has 0 spiro atoms. The zero-order valence-electron chi connectivity index (χ0n) is 24.4. The number of carbonyl (C=O) groups is 2. The van der Waals surface area contributed by atoms with E-state index in [0.717, 1.165) is 54.9 Å². The molecule has 0 aliphatic carbocycles. The first-order valence-electron chi connectivity index (χ1n) is 14.8. The molecular weight excluding hydrogens is 498 g/mol. The van der Waals surface area contributed by atoms with Crippen LogP contribution in [0, 0.1) is 12.8 Å². The second-order valence-corrected chi connectivity index (χ2v) is 11.2. The Morgan fingerprint density at radius 2 is 1.73 bits per heavy atom. The average molecular weight is 544 g/mol. The Kier molecular flexibility index (Phi) is 10.5. The van der Waals surface area contributed by atoms with Gasteiger partial charge < -0.3 is 20.9 Å². The summed E-state index contributed by atoms with van der Waals surface area (Å²) in [7, 11) is 1.74. The number of allylic oxidation sites excluding steroid dienone is 1. The van der Waals surface area contributed by atoms with Gasteiger partial charge in [0, 0.05) is 62.5 Å². The molecule has 2 aromatic carbocycles. The van der Waals surface area contributed by atoms with Crippen molar-refractivity contribution in [2.45, 2.75) is 58.3 Å². The molecule has 2 heterocycles. The number of piperidine rings is 1. The third-order valence-electron chi connectivity index (χ3n) is 8.34. The third-order valence-corrected chi connectivity index (χ3v) is 8.34. The molecule has 40 heavy (non-hydrogen) atoms. The maximum Gasteiger partial charge on any atom is 0.253 e. The first-order valence-corrected chi connectivity index (χ1v) is 14.8. The minimum Gasteiger partial charge on any atom is -0.404 e. The summed E-state index contributed by atoms with van der Waals surface area (Å²) in [5.41, 5.74) is 11.3. The minimum absolute atomic E-state index is 0.0238. The van der Waals surface area contributed by atoms with E-state index in [0.29, 0.717) is 24.6 Å². The van der Waals surface area contributed by atoms with Gasteiger partial charge >= 0.3 is 0 Å². The number of nitrogens with zero attached hydrogens (tertiary/aromatic N) is 3. The van der Waals surface area contributed by atoms with Crippen LogP contribution < -0.4 is 11.1 Å². The molecule has 2 aliphatic heterocycles. The van der Waals surface area contributed by atoms with Crippen molar-refractivity contribution in [2.24, 2.45) is 16.6 Å². The first-order chi connectivity index (χ1) is 19.4. The summed E-state index contributed by atoms with van der Waals surface area (Å²) in [5, 5.41) is 3.10. The van der Waals surface area contributed by atoms with E-state index in [1.165, 1.54) is 31.2 Å². The zero-order valence-corrected chi connectivity index (χ0v) is 24.4. The van der Waals surface area contributed by atoms with Gasteiger partial charge in [-0.1, -0.05) is 56.5 Å². The minimum atomic E-state index is 0.0238. The highest BCUT2D eigenvalue weighted by Gasteiger charge is 2.32. The molecule has 0 atom stereocenters. The van der Waals surface area contributed by atoms with Crippen LogP contribution in [0.3, 0.4) is 0 Å². The van der Waals surface area contributed by atoms with Gasteiger partial charge in [0.25, 0.3) is 5.91 Å². The second-order valence-electron chi connectivity index (χ2n) is 11.2. The van der Waals surface area contributed by atoms with Crippen LogP contribution in [0.5, 0.6) is 0 Å². The number of aliphatic imine (C=N–C) groups is 1. The van der Waals surface area contributed by atoms with Crippen molar-refractivity contribution >= 4 is 29.3 Å². The molecule has 2 saturated heterocycles. The molecule has 0 saturated carbocycles. The Bertz CT molecular complexity index is 1210. The van der Waals surface area contributed by atoms with E-state index < -0.39 is 0 Å². The van der Waals surface area contributed by atoms with Crippen LogP contribution in [0.25, 0.3) is 5.57 Å². The number of anilines is 1. The molecule has 3 N–H and O–H groups in total. The topological polar surface area (TPSA) is 91.0 Å². The first kappa shape index (κ1) is 29.5. The van der Waals surface area contributed by atoms with Crippen LogP contribution in [0.1, 0.15) is 78.4 Å². The third kappa shape index (κ3) is 7.39. The van der Waals surface area contributed by atoms with E-state index in [1.54, 1.807) is 19.5 Å². The number of unbranched alkanes of at least 4 members (excludes halogenated alkanes) is 3. The van der Waals surface area contributed by atoms with Crippen LogP contribution >= 0.6 is 0 Å². The summed E-state index contributed by atoms with van der Waals surface area (Å²) in [6.45, 7) is 8.36. The van der Waals surface area contributed by atoms with Gasteiger partial charge in [0.1, 0.15) is 0 Å². The monoisotopic (exact) mass is 543 g/mol. The van der Waals surface area contributed by atoms with Crippen LogP contribution in [-0.2, 0) is 4.79 Å². The van der Waals surface area contributed by atoms with Crippen LogP contribution in [0.2, 0.25) is 0 Å². The van der Waals surface area contributed by atoms with Gasteiger partial charge in [0.15, 0.2) is 0 Å². The molecule has 2 aliphatic rings. The SMILES string of the molecule is CCCCCCN1CC(C(=O)Nc2cc(C(=O)N3CCC(c4ccc(C(C=NC)=CN)cc4)CC3)ccc2C)C1. The number of benzene rings is 2. The normalized spacial score (nSPS) is 17.3. The smallest absolute Gasteiger partial charge is 0.253 e. The Labute approximate surface area is 239 Å². The highest BCUT2D eigenvalue weighted by atomic mass is 16.2. The standard InChI is InChI=1S/C33H45N5O2/c1-4-5-6-7-16-37-22-30(23-37)32(39)36-31-19-28(9-8-24(31)2)33(40)38-17-14-27(15-18-38)25-10-12-26(13-11-25)29(20-34)21-35-3/h8-13,19-21,27,30H,4-7,14-18,22-23,34H2,1-3H3,(H,36,39). The van der Waals surface area contributed by atoms with Gasteiger partial charge in [-0.15, -0.1) is 0 Å². The summed E-state index contributed by atoms with van der Waals surface area (Å²) in [6, 6.07) is 14.2. The number of hydrogen-bond donors (Lipinski definition) is 2. The summed E-state index contributed by atoms with van der Waals surface area (Å²) in [5.74, 6) is 0.531. The maximum absolute atomic E-state index is 13.4. The summed E-state index contributed by atoms with van der Waals surface area (Å²) < 4.78 is 0. The molecule has 214 valence electrons. The molecule has 0 aromatic heterocycles. The number of nitrogens with two attached hydrogens (primary N) is 1. The van der Waals surface area contributed by atoms with E-state index in [1.807, 2.05) is 30.0 Å². The largest absolute Gasteiger partial charge is 0.404 e. The van der Waals surface area contributed by atoms with Crippen molar-refractivity contribution in [3.8, 4) is 0 Å². The lowest BCUT2D eigenvalue weighted by molar-refractivity contribution is -0.124. The number of carbonyl (C=O) groups excluding carboxylic acids is 2. The van der Waals surface area contributed by atoms with Crippen molar-refractivity contribution < 1.29 is 9.59 Å². The van der Waals surface area contributed by atoms with Crippen molar-refractivity contribution in [3.63, 3.8) is 0 Å². The summed E-state index contributed by atoms with van der Waals surface area (Å²) in [4.78, 5) is 34.6. The second kappa shape index (κ2) is 14.3. The van der Waals surface area contributed by atoms with E-state index in [2.05, 4.69) is 46.4 Å². The number of nitrogens with one attached hydrogen (secondary N) is 1. The van der Waals surface area contributed by atoms with Crippen molar-refractivity contribution in [1.82, 2.24) is 9.80 Å². The van der Waals surface area contributed by atoms with Gasteiger partial charge in [0.2, 0.25) is 5.91 Å². The Morgan fingerprint density at radius 1 is 1.02 bits per heavy atom. The van der Waals surface area contributed by atoms with Crippen LogP contribution in [0.4, 0.5) is 5.69 Å². The number of aryl methyl sites for hydroxylation is 1. The van der Waals surface area contributed by atoms with Crippen LogP contribution in [-0.4, -0.2) is 67.6 Å². The molecule has 0 unspecified atom stereocenters. The zero-order chi connectivity index (χ0) is 28.5. The van der Waals surface area contributed by atoms with Gasteiger partial charge in [-0.25, -0.2) is 0 Å². The van der Waals surface area contributed by atoms with Gasteiger partial charge in [-0.3, -0.25) is 14.6 Å². The molecule has 0 radical (unpaired) electrons. The van der Waals surface area contributed by atoms with Gasteiger partial charge in [-0.05, 0) is 67.5 Å². The Morgan fingerprint density at radius 3 is 2.38 bits per heavy atom. The predicted octanol–water partition coefficient (Wildman–Crippen LogP) is 5.47. The van der Waals surface area contributed by atoms with E-state index in [-0.39, 0.29) is 17.7 Å². The predicted molar refractivity (Wildman–Crippen MR) is 165 cm³/mol. The molecule has 2 fully saturated rings. The van der Waals surface area contributed by atoms with E-state index in [4.69, 9.17) is 5.73 Å². The highest BCUT2D eigenvalue weighted by Crippen LogP contribution is 2.30. The fourth-order valence-electron chi connectivity index (χ4n) is 5.70. The average Bonchev–Trinajstić information content (AvgIpc) is 2.95. The Balaban J connectivity index is 1.28. The van der Waals surface area contributed by atoms with Gasteiger partial charge in [0.05, 0.1) is 5.92 Å². The molecule has 0 bridgehead atoms. The van der Waals surface area contributed by atoms with E-state index in [9.17, 15) is 9.59 Å². The summed E-state index contributed by atoms with van der Waals surface area (Å²) >= 11 is 0. The molecule has 7 heteroatoms. The van der Waals surface area contributed by atoms with Crippen molar-refractivity contribution in [3.05, 3.63) is 70.9 Å². The molecule has 4 rings (SSSR count). The van der Waals surface area contributed by atoms with Crippen molar-refractivity contribution in [2.75, 3.05) is 45.1 Å². The van der Waals surface area contributed by atoms with Crippen molar-refractivity contribution in [1.29, 1.82) is 0 Å². The maximum atomic E-state index is 13.4. The van der Waals surface area contributed by atoms with Gasteiger partial charge in [-0.2, -0.15) is 0 Å². The fourth-order valence-corrected chi connectivity index (χ4v) is 5.70. The van der Waals surface area contributed by atoms with E-state index >= 15 is 0 Å². The number of rotatable bonds is 11. The lowest BCUT2D eigenvalue weighted by Crippen LogP contribution is -2.52. The number of likely N-dealkylation sites (tertiary alicyclic amines) is 2. The van der Waals surface area contributed by atoms with Crippen LogP contribution in [0.15, 0.2) is 53.7 Å². The Hall–Kier alpha value is -3.45. The number of hydrogen-bond acceptors (Lipinski definition) is 5. The number of amides is 2. The molecular formula is C33H45N5O2. The quantitative estimate of drug-likeness (QED) is 0.291. The fraction of sp³-hybridized carbons (Fsp3) is 0.485. The highest BCUT2D eigenvalue weighted by molar-refractivity contribution is 6.09.